The third kappa shape index (κ3) is 1.84. The molecule has 1 unspecified atom stereocenters. The highest BCUT2D eigenvalue weighted by Gasteiger charge is 2.56. The summed E-state index contributed by atoms with van der Waals surface area (Å²) in [6.45, 7) is 2.26. The van der Waals surface area contributed by atoms with Gasteiger partial charge >= 0.3 is 0 Å². The highest BCUT2D eigenvalue weighted by atomic mass is 16.3. The minimum Gasteiger partial charge on any atom is -0.393 e. The number of fused-ring (bicyclic) bond motifs is 5. The summed E-state index contributed by atoms with van der Waals surface area (Å²) in [6, 6.07) is 0. The van der Waals surface area contributed by atoms with Crippen LogP contribution in [-0.2, 0) is 4.79 Å². The van der Waals surface area contributed by atoms with Crippen molar-refractivity contribution in [2.75, 3.05) is 0 Å². The van der Waals surface area contributed by atoms with Crippen LogP contribution >= 0.6 is 0 Å². The fraction of sp³-hybridized carbons (Fsp3) is 0.737. The standard InChI is InChI=1S/C19H26O2/c1-2-19-10-9-15-14-6-4-13(20)11-12(14)3-5-16(15)17(19)7-8-18(19)21/h3,5,11,14-18,21H,2,4,6-10H2,1H3/t14-,15+,16+,17-,18-,19?/m0/s1. The quantitative estimate of drug-likeness (QED) is 0.799. The normalized spacial score (nSPS) is 48.4. The third-order valence-corrected chi connectivity index (χ3v) is 7.20. The lowest BCUT2D eigenvalue weighted by Gasteiger charge is -2.52. The number of ketones is 1. The Morgan fingerprint density at radius 3 is 2.95 bits per heavy atom. The van der Waals surface area contributed by atoms with E-state index in [4.69, 9.17) is 0 Å². The van der Waals surface area contributed by atoms with Gasteiger partial charge in [-0.05, 0) is 79.3 Å². The van der Waals surface area contributed by atoms with Crippen LogP contribution in [0.15, 0.2) is 23.8 Å². The molecule has 6 atom stereocenters. The fourth-order valence-corrected chi connectivity index (χ4v) is 6.12. The molecule has 1 N–H and O–H groups in total. The maximum atomic E-state index is 11.7. The van der Waals surface area contributed by atoms with Gasteiger partial charge in [-0.3, -0.25) is 4.79 Å². The molecule has 2 nitrogen and oxygen atoms in total. The monoisotopic (exact) mass is 286 g/mol. The summed E-state index contributed by atoms with van der Waals surface area (Å²) in [4.78, 5) is 11.7. The first-order valence-corrected chi connectivity index (χ1v) is 8.76. The van der Waals surface area contributed by atoms with Crippen molar-refractivity contribution >= 4 is 5.78 Å². The molecule has 0 aromatic carbocycles. The molecule has 0 aromatic rings. The maximum absolute atomic E-state index is 11.7. The van der Waals surface area contributed by atoms with Crippen LogP contribution in [0.2, 0.25) is 0 Å². The molecule has 0 aliphatic heterocycles. The molecule has 4 aliphatic carbocycles. The SMILES string of the molecule is CCC12CC[C@H]3[C@@H](C=CC4=CC(=O)CC[C@@H]43)[C@@H]1CC[C@@H]2O. The van der Waals surface area contributed by atoms with Gasteiger partial charge < -0.3 is 5.11 Å². The van der Waals surface area contributed by atoms with Crippen LogP contribution in [-0.4, -0.2) is 17.0 Å². The summed E-state index contributed by atoms with van der Waals surface area (Å²) in [5.41, 5.74) is 1.46. The van der Waals surface area contributed by atoms with Crippen LogP contribution in [0.25, 0.3) is 0 Å². The van der Waals surface area contributed by atoms with Crippen LogP contribution in [0.4, 0.5) is 0 Å². The number of carbonyl (C=O) groups is 1. The van der Waals surface area contributed by atoms with Crippen molar-refractivity contribution < 1.29 is 9.90 Å². The first kappa shape index (κ1) is 13.8. The van der Waals surface area contributed by atoms with E-state index in [2.05, 4.69) is 19.1 Å². The van der Waals surface area contributed by atoms with Crippen molar-refractivity contribution in [3.8, 4) is 0 Å². The van der Waals surface area contributed by atoms with Crippen LogP contribution in [0.3, 0.4) is 0 Å². The molecular weight excluding hydrogens is 260 g/mol. The van der Waals surface area contributed by atoms with Gasteiger partial charge in [0.25, 0.3) is 0 Å². The van der Waals surface area contributed by atoms with Gasteiger partial charge in [0.15, 0.2) is 5.78 Å². The van der Waals surface area contributed by atoms with Gasteiger partial charge in [0, 0.05) is 6.42 Å². The number of hydrogen-bond donors (Lipinski definition) is 1. The van der Waals surface area contributed by atoms with Crippen LogP contribution in [0, 0.1) is 29.1 Å². The van der Waals surface area contributed by atoms with E-state index in [0.717, 1.165) is 25.7 Å². The maximum Gasteiger partial charge on any atom is 0.155 e. The first-order chi connectivity index (χ1) is 10.2. The second-order valence-electron chi connectivity index (χ2n) is 7.68. The molecule has 0 heterocycles. The Balaban J connectivity index is 1.70. The van der Waals surface area contributed by atoms with E-state index < -0.39 is 0 Å². The molecule has 0 spiro atoms. The summed E-state index contributed by atoms with van der Waals surface area (Å²) >= 11 is 0. The molecule has 0 aromatic heterocycles. The molecule has 2 saturated carbocycles. The van der Waals surface area contributed by atoms with Crippen molar-refractivity contribution in [2.45, 2.75) is 58.0 Å². The lowest BCUT2D eigenvalue weighted by atomic mass is 9.53. The lowest BCUT2D eigenvalue weighted by molar-refractivity contribution is -0.115. The zero-order chi connectivity index (χ0) is 14.6. The summed E-state index contributed by atoms with van der Waals surface area (Å²) < 4.78 is 0. The molecule has 0 bridgehead atoms. The molecule has 2 heteroatoms. The van der Waals surface area contributed by atoms with E-state index in [9.17, 15) is 9.90 Å². The van der Waals surface area contributed by atoms with Crippen molar-refractivity contribution in [3.63, 3.8) is 0 Å². The highest BCUT2D eigenvalue weighted by Crippen LogP contribution is 2.61. The average molecular weight is 286 g/mol. The largest absolute Gasteiger partial charge is 0.393 e. The van der Waals surface area contributed by atoms with Crippen LogP contribution in [0.5, 0.6) is 0 Å². The van der Waals surface area contributed by atoms with E-state index in [1.807, 2.05) is 6.08 Å². The van der Waals surface area contributed by atoms with Gasteiger partial charge in [-0.15, -0.1) is 0 Å². The van der Waals surface area contributed by atoms with E-state index in [1.165, 1.54) is 24.8 Å². The number of aliphatic hydroxyl groups is 1. The van der Waals surface area contributed by atoms with Gasteiger partial charge in [-0.25, -0.2) is 0 Å². The molecule has 2 fully saturated rings. The molecule has 114 valence electrons. The number of carbonyl (C=O) groups excluding carboxylic acids is 1. The van der Waals surface area contributed by atoms with Gasteiger partial charge in [-0.1, -0.05) is 19.1 Å². The third-order valence-electron chi connectivity index (χ3n) is 7.20. The Bertz CT molecular complexity index is 518. The Morgan fingerprint density at radius 2 is 2.14 bits per heavy atom. The van der Waals surface area contributed by atoms with Gasteiger partial charge in [-0.2, -0.15) is 0 Å². The predicted octanol–water partition coefficient (Wildman–Crippen LogP) is 3.66. The van der Waals surface area contributed by atoms with Crippen molar-refractivity contribution in [1.82, 2.24) is 0 Å². The highest BCUT2D eigenvalue weighted by molar-refractivity contribution is 5.91. The molecule has 21 heavy (non-hydrogen) atoms. The van der Waals surface area contributed by atoms with Crippen LogP contribution < -0.4 is 0 Å². The van der Waals surface area contributed by atoms with Crippen LogP contribution in [0.1, 0.15) is 51.9 Å². The number of allylic oxidation sites excluding steroid dienone is 4. The fourth-order valence-electron chi connectivity index (χ4n) is 6.12. The molecule has 4 rings (SSSR count). The Labute approximate surface area is 127 Å². The summed E-state index contributed by atoms with van der Waals surface area (Å²) in [5, 5.41) is 10.6. The average Bonchev–Trinajstić information content (AvgIpc) is 2.84. The summed E-state index contributed by atoms with van der Waals surface area (Å²) in [6.07, 6.45) is 13.9. The lowest BCUT2D eigenvalue weighted by Crippen LogP contribution is -2.47. The zero-order valence-corrected chi connectivity index (χ0v) is 12.9. The summed E-state index contributed by atoms with van der Waals surface area (Å²) in [7, 11) is 0. The van der Waals surface area contributed by atoms with Crippen molar-refractivity contribution in [2.24, 2.45) is 29.1 Å². The second kappa shape index (κ2) is 4.81. The first-order valence-electron chi connectivity index (χ1n) is 8.76. The van der Waals surface area contributed by atoms with Gasteiger partial charge in [0.05, 0.1) is 6.10 Å². The minimum atomic E-state index is -0.0910. The van der Waals surface area contributed by atoms with Gasteiger partial charge in [0.2, 0.25) is 0 Å². The number of aliphatic hydroxyl groups excluding tert-OH is 1. The summed E-state index contributed by atoms with van der Waals surface area (Å²) in [5.74, 6) is 2.91. The van der Waals surface area contributed by atoms with E-state index >= 15 is 0 Å². The minimum absolute atomic E-state index is 0.0910. The van der Waals surface area contributed by atoms with E-state index in [1.54, 1.807) is 0 Å². The van der Waals surface area contributed by atoms with E-state index in [-0.39, 0.29) is 11.5 Å². The molecular formula is C19H26O2. The Hall–Kier alpha value is -0.890. The molecule has 0 amide bonds. The Kier molecular flexibility index (Phi) is 3.15. The number of hydrogen-bond acceptors (Lipinski definition) is 2. The molecule has 0 radical (unpaired) electrons. The smallest absolute Gasteiger partial charge is 0.155 e. The van der Waals surface area contributed by atoms with Gasteiger partial charge in [0.1, 0.15) is 0 Å². The predicted molar refractivity (Wildman–Crippen MR) is 82.6 cm³/mol. The second-order valence-corrected chi connectivity index (χ2v) is 7.68. The molecule has 0 saturated heterocycles. The van der Waals surface area contributed by atoms with Crippen molar-refractivity contribution in [3.05, 3.63) is 23.8 Å². The molecule has 4 aliphatic rings. The van der Waals surface area contributed by atoms with Crippen molar-refractivity contribution in [1.29, 1.82) is 0 Å². The topological polar surface area (TPSA) is 37.3 Å². The van der Waals surface area contributed by atoms with E-state index in [0.29, 0.717) is 29.5 Å². The number of rotatable bonds is 1. The Morgan fingerprint density at radius 1 is 1.29 bits per heavy atom. The zero-order valence-electron chi connectivity index (χ0n) is 12.9.